The molecule has 0 spiro atoms. The minimum Gasteiger partial charge on any atom is -0.481 e. The Hall–Kier alpha value is -2.90. The fourth-order valence-electron chi connectivity index (χ4n) is 4.80. The van der Waals surface area contributed by atoms with Crippen LogP contribution >= 0.6 is 11.6 Å². The van der Waals surface area contributed by atoms with Gasteiger partial charge in [0, 0.05) is 18.3 Å². The van der Waals surface area contributed by atoms with Crippen molar-refractivity contribution in [2.75, 3.05) is 0 Å². The van der Waals surface area contributed by atoms with E-state index in [1.54, 1.807) is 24.5 Å². The van der Waals surface area contributed by atoms with Gasteiger partial charge in [-0.2, -0.15) is 10.4 Å². The van der Waals surface area contributed by atoms with E-state index in [1.807, 2.05) is 6.07 Å². The molecule has 1 heterocycles. The summed E-state index contributed by atoms with van der Waals surface area (Å²) in [6, 6.07) is 8.01. The lowest BCUT2D eigenvalue weighted by molar-refractivity contribution is -0.150. The predicted octanol–water partition coefficient (Wildman–Crippen LogP) is 1.94. The summed E-state index contributed by atoms with van der Waals surface area (Å²) in [7, 11) is -3.95. The molecule has 3 N–H and O–H groups in total. The van der Waals surface area contributed by atoms with Gasteiger partial charge in [-0.1, -0.05) is 11.6 Å². The van der Waals surface area contributed by atoms with Gasteiger partial charge in [0.25, 0.3) is 0 Å². The number of nitriles is 1. The molecule has 1 aromatic heterocycles. The molecule has 9 nitrogen and oxygen atoms in total. The molecule has 2 unspecified atom stereocenters. The van der Waals surface area contributed by atoms with Gasteiger partial charge in [0.2, 0.25) is 5.91 Å². The number of hydrogen-bond acceptors (Lipinski definition) is 6. The number of amides is 1. The van der Waals surface area contributed by atoms with Crippen molar-refractivity contribution < 1.29 is 23.1 Å². The highest BCUT2D eigenvalue weighted by molar-refractivity contribution is 7.92. The van der Waals surface area contributed by atoms with E-state index >= 15 is 0 Å². The van der Waals surface area contributed by atoms with Gasteiger partial charge in [-0.25, -0.2) is 13.1 Å². The number of carbonyl (C=O) groups excluding carboxylic acids is 1. The Bertz CT molecular complexity index is 1220. The Morgan fingerprint density at radius 2 is 2.10 bits per heavy atom. The highest BCUT2D eigenvalue weighted by Gasteiger charge is 2.72. The van der Waals surface area contributed by atoms with E-state index in [0.717, 1.165) is 0 Å². The van der Waals surface area contributed by atoms with Crippen molar-refractivity contribution >= 4 is 33.3 Å². The Labute approximate surface area is 183 Å². The molecule has 0 aliphatic heterocycles. The minimum atomic E-state index is -3.95. The summed E-state index contributed by atoms with van der Waals surface area (Å²) in [5.74, 6) is -2.89. The van der Waals surface area contributed by atoms with Gasteiger partial charge in [0.15, 0.2) is 9.84 Å². The highest BCUT2D eigenvalue weighted by Crippen LogP contribution is 2.66. The lowest BCUT2D eigenvalue weighted by atomic mass is 9.77. The van der Waals surface area contributed by atoms with E-state index < -0.39 is 43.7 Å². The van der Waals surface area contributed by atoms with Crippen molar-refractivity contribution in [2.45, 2.75) is 35.8 Å². The molecule has 162 valence electrons. The molecule has 1 amide bonds. The SMILES string of the molecule is N#CC1(C(N)=O)CC1[C@@]1(C(=O)O)CC[C@@H](S(=O)(=O)c2ccc(-n3cccn3)cc2Cl)C1. The van der Waals surface area contributed by atoms with Gasteiger partial charge in [0.1, 0.15) is 5.41 Å². The van der Waals surface area contributed by atoms with Crippen molar-refractivity contribution in [3.63, 3.8) is 0 Å². The molecule has 31 heavy (non-hydrogen) atoms. The molecular formula is C20H19ClN4O5S. The number of hydrogen-bond donors (Lipinski definition) is 2. The summed E-state index contributed by atoms with van der Waals surface area (Å²) >= 11 is 6.29. The Kier molecular flexibility index (Phi) is 4.87. The number of primary amides is 1. The molecule has 11 heteroatoms. The molecule has 2 aliphatic rings. The van der Waals surface area contributed by atoms with Crippen molar-refractivity contribution in [1.29, 1.82) is 5.26 Å². The summed E-state index contributed by atoms with van der Waals surface area (Å²) < 4.78 is 28.2. The number of halogens is 1. The molecule has 2 fully saturated rings. The summed E-state index contributed by atoms with van der Waals surface area (Å²) in [6.07, 6.45) is 3.21. The van der Waals surface area contributed by atoms with Crippen molar-refractivity contribution in [2.24, 2.45) is 22.5 Å². The molecule has 0 bridgehead atoms. The Balaban J connectivity index is 1.64. The Morgan fingerprint density at radius 1 is 1.35 bits per heavy atom. The van der Waals surface area contributed by atoms with Crippen LogP contribution in [0.4, 0.5) is 0 Å². The largest absolute Gasteiger partial charge is 0.481 e. The molecule has 4 rings (SSSR count). The first kappa shape index (κ1) is 21.3. The number of aromatic nitrogens is 2. The van der Waals surface area contributed by atoms with E-state index in [4.69, 9.17) is 17.3 Å². The second kappa shape index (κ2) is 7.07. The van der Waals surface area contributed by atoms with Crippen molar-refractivity contribution in [3.8, 4) is 11.8 Å². The van der Waals surface area contributed by atoms with Crippen LogP contribution in [0.3, 0.4) is 0 Å². The van der Waals surface area contributed by atoms with Crippen LogP contribution in [-0.4, -0.2) is 40.4 Å². The molecule has 0 radical (unpaired) electrons. The van der Waals surface area contributed by atoms with E-state index in [2.05, 4.69) is 5.10 Å². The summed E-state index contributed by atoms with van der Waals surface area (Å²) in [6.45, 7) is 0. The number of rotatable bonds is 6. The number of sulfone groups is 1. The first-order valence-corrected chi connectivity index (χ1v) is 11.5. The third-order valence-electron chi connectivity index (χ3n) is 6.63. The second-order valence-corrected chi connectivity index (χ2v) is 10.7. The molecule has 4 atom stereocenters. The minimum absolute atomic E-state index is 0.00996. The molecule has 1 aromatic carbocycles. The van der Waals surface area contributed by atoms with Crippen LogP contribution in [0.15, 0.2) is 41.6 Å². The fraction of sp³-hybridized carbons (Fsp3) is 0.400. The summed E-state index contributed by atoms with van der Waals surface area (Å²) in [5.41, 5.74) is 2.88. The lowest BCUT2D eigenvalue weighted by Gasteiger charge is -2.26. The maximum atomic E-state index is 13.3. The highest BCUT2D eigenvalue weighted by atomic mass is 35.5. The first-order valence-electron chi connectivity index (χ1n) is 9.56. The van der Waals surface area contributed by atoms with Crippen LogP contribution in [0.25, 0.3) is 5.69 Å². The predicted molar refractivity (Wildman–Crippen MR) is 109 cm³/mol. The molecule has 0 saturated heterocycles. The van der Waals surface area contributed by atoms with Crippen LogP contribution < -0.4 is 5.73 Å². The zero-order valence-corrected chi connectivity index (χ0v) is 17.8. The van der Waals surface area contributed by atoms with Crippen LogP contribution in [0.1, 0.15) is 25.7 Å². The zero-order valence-electron chi connectivity index (χ0n) is 16.2. The van der Waals surface area contributed by atoms with Crippen molar-refractivity contribution in [1.82, 2.24) is 9.78 Å². The maximum Gasteiger partial charge on any atom is 0.310 e. The second-order valence-electron chi connectivity index (χ2n) is 8.14. The third-order valence-corrected chi connectivity index (χ3v) is 9.30. The van der Waals surface area contributed by atoms with Gasteiger partial charge >= 0.3 is 5.97 Å². The van der Waals surface area contributed by atoms with Gasteiger partial charge < -0.3 is 10.8 Å². The standard InChI is InChI=1S/C20H19ClN4O5S/c21-14-8-12(25-7-1-6-24-25)2-3-15(14)31(29,30)13-4-5-19(9-13,18(27)28)16-10-20(16,11-22)17(23)26/h1-3,6-8,13,16H,4-5,9-10H2,(H2,23,26)(H,27,28)/t13-,16?,19-,20?/m1/s1. The number of carboxylic acids is 1. The van der Waals surface area contributed by atoms with E-state index in [0.29, 0.717) is 5.69 Å². The molecule has 2 aromatic rings. The topological polar surface area (TPSA) is 156 Å². The number of aliphatic carboxylic acids is 1. The quantitative estimate of drug-likeness (QED) is 0.664. The fourth-order valence-corrected chi connectivity index (χ4v) is 7.19. The number of carboxylic acid groups (broad SMARTS) is 1. The smallest absolute Gasteiger partial charge is 0.310 e. The van der Waals surface area contributed by atoms with Crippen LogP contribution in [0, 0.1) is 28.1 Å². The average molecular weight is 463 g/mol. The average Bonchev–Trinajstić information content (AvgIpc) is 3.09. The third kappa shape index (κ3) is 3.11. The van der Waals surface area contributed by atoms with E-state index in [9.17, 15) is 28.4 Å². The van der Waals surface area contributed by atoms with Crippen LogP contribution in [0.5, 0.6) is 0 Å². The summed E-state index contributed by atoms with van der Waals surface area (Å²) in [5, 5.41) is 22.4. The van der Waals surface area contributed by atoms with Crippen LogP contribution in [0.2, 0.25) is 5.02 Å². The van der Waals surface area contributed by atoms with Gasteiger partial charge in [-0.3, -0.25) is 9.59 Å². The van der Waals surface area contributed by atoms with Gasteiger partial charge in [-0.05, 0) is 49.9 Å². The first-order chi connectivity index (χ1) is 14.6. The van der Waals surface area contributed by atoms with Crippen molar-refractivity contribution in [3.05, 3.63) is 41.7 Å². The maximum absolute atomic E-state index is 13.3. The van der Waals surface area contributed by atoms with E-state index in [-0.39, 0.29) is 35.6 Å². The Morgan fingerprint density at radius 3 is 2.61 bits per heavy atom. The monoisotopic (exact) mass is 462 g/mol. The zero-order chi connectivity index (χ0) is 22.6. The lowest BCUT2D eigenvalue weighted by Crippen LogP contribution is -2.37. The normalized spacial score (nSPS) is 29.9. The number of nitrogens with zero attached hydrogens (tertiary/aromatic N) is 3. The van der Waals surface area contributed by atoms with Crippen LogP contribution in [-0.2, 0) is 19.4 Å². The molecular weight excluding hydrogens is 444 g/mol. The van der Waals surface area contributed by atoms with Gasteiger partial charge in [0.05, 0.1) is 32.3 Å². The van der Waals surface area contributed by atoms with Gasteiger partial charge in [-0.15, -0.1) is 0 Å². The summed E-state index contributed by atoms with van der Waals surface area (Å²) in [4.78, 5) is 23.9. The number of carbonyl (C=O) groups is 2. The number of nitrogens with two attached hydrogens (primary N) is 1. The number of benzene rings is 1. The van der Waals surface area contributed by atoms with E-state index in [1.165, 1.54) is 16.8 Å². The molecule has 2 aliphatic carbocycles. The molecule has 2 saturated carbocycles.